The number of benzene rings is 2. The predicted octanol–water partition coefficient (Wildman–Crippen LogP) is 3.17. The molecule has 0 aliphatic carbocycles. The molecule has 0 atom stereocenters. The molecule has 1 amide bonds. The van der Waals surface area contributed by atoms with E-state index in [0.29, 0.717) is 22.2 Å². The van der Waals surface area contributed by atoms with Crippen molar-refractivity contribution in [1.29, 1.82) is 0 Å². The molecule has 0 aliphatic heterocycles. The molecular formula is C18H16N2O5. The van der Waals surface area contributed by atoms with Crippen LogP contribution in [0, 0.1) is 0 Å². The van der Waals surface area contributed by atoms with E-state index in [-0.39, 0.29) is 29.2 Å². The lowest BCUT2D eigenvalue weighted by Gasteiger charge is -2.12. The van der Waals surface area contributed by atoms with Gasteiger partial charge in [-0.15, -0.1) is 0 Å². The summed E-state index contributed by atoms with van der Waals surface area (Å²) in [6, 6.07) is 10.2. The van der Waals surface area contributed by atoms with E-state index < -0.39 is 6.09 Å². The van der Waals surface area contributed by atoms with Crippen LogP contribution in [0.5, 0.6) is 11.5 Å². The van der Waals surface area contributed by atoms with E-state index in [1.54, 1.807) is 13.0 Å². The topological polar surface area (TPSA) is 112 Å². The Hall–Kier alpha value is -3.48. The Kier molecular flexibility index (Phi) is 4.30. The number of pyridine rings is 1. The van der Waals surface area contributed by atoms with Gasteiger partial charge < -0.3 is 19.9 Å². The van der Waals surface area contributed by atoms with Crippen LogP contribution in [0.2, 0.25) is 0 Å². The second-order valence-electron chi connectivity index (χ2n) is 5.35. The lowest BCUT2D eigenvalue weighted by atomic mass is 10.1. The molecule has 128 valence electrons. The first-order valence-electron chi connectivity index (χ1n) is 7.61. The van der Waals surface area contributed by atoms with Gasteiger partial charge in [-0.3, -0.25) is 10.1 Å². The lowest BCUT2D eigenvalue weighted by molar-refractivity contribution is 0.168. The van der Waals surface area contributed by atoms with Crippen molar-refractivity contribution < 1.29 is 19.7 Å². The van der Waals surface area contributed by atoms with Gasteiger partial charge in [0.15, 0.2) is 5.43 Å². The molecule has 0 spiro atoms. The summed E-state index contributed by atoms with van der Waals surface area (Å²) >= 11 is 0. The Morgan fingerprint density at radius 3 is 2.60 bits per heavy atom. The second-order valence-corrected chi connectivity index (χ2v) is 5.35. The molecule has 0 fully saturated rings. The van der Waals surface area contributed by atoms with E-state index in [1.165, 1.54) is 36.4 Å². The van der Waals surface area contributed by atoms with Crippen LogP contribution in [-0.2, 0) is 4.74 Å². The summed E-state index contributed by atoms with van der Waals surface area (Å²) < 4.78 is 4.85. The summed E-state index contributed by atoms with van der Waals surface area (Å²) in [7, 11) is 0. The number of hydrogen-bond acceptors (Lipinski definition) is 5. The fraction of sp³-hybridized carbons (Fsp3) is 0.111. The highest BCUT2D eigenvalue weighted by molar-refractivity contribution is 5.92. The molecule has 3 rings (SSSR count). The van der Waals surface area contributed by atoms with Gasteiger partial charge >= 0.3 is 6.09 Å². The average Bonchev–Trinajstić information content (AvgIpc) is 2.54. The van der Waals surface area contributed by atoms with E-state index in [9.17, 15) is 19.8 Å². The highest BCUT2D eigenvalue weighted by Crippen LogP contribution is 2.30. The van der Waals surface area contributed by atoms with Crippen LogP contribution in [0.15, 0.2) is 47.3 Å². The van der Waals surface area contributed by atoms with Crippen LogP contribution in [-0.4, -0.2) is 27.9 Å². The van der Waals surface area contributed by atoms with Gasteiger partial charge in [0.25, 0.3) is 0 Å². The number of anilines is 1. The number of carbonyl (C=O) groups is 1. The van der Waals surface area contributed by atoms with Gasteiger partial charge in [-0.25, -0.2) is 4.79 Å². The summed E-state index contributed by atoms with van der Waals surface area (Å²) in [6.45, 7) is 1.88. The van der Waals surface area contributed by atoms with Gasteiger partial charge in [0.05, 0.1) is 23.5 Å². The first-order valence-corrected chi connectivity index (χ1v) is 7.61. The standard InChI is InChI=1S/C18H16N2O5/c1-2-25-18(24)20-14-7-10(21)3-5-12(14)16-9-17(23)13-6-4-11(22)8-15(13)19-16/h3-9,21-22H,2H2,1H3,(H,19,23)(H,20,24). The van der Waals surface area contributed by atoms with Crippen molar-refractivity contribution in [3.63, 3.8) is 0 Å². The third kappa shape index (κ3) is 3.40. The number of H-pyrrole nitrogens is 1. The SMILES string of the molecule is CCOC(=O)Nc1cc(O)ccc1-c1cc(=O)c2ccc(O)cc2[nH]1. The fourth-order valence-corrected chi connectivity index (χ4v) is 2.53. The molecule has 0 unspecified atom stereocenters. The minimum Gasteiger partial charge on any atom is -0.508 e. The molecule has 25 heavy (non-hydrogen) atoms. The van der Waals surface area contributed by atoms with Crippen molar-refractivity contribution in [1.82, 2.24) is 4.98 Å². The van der Waals surface area contributed by atoms with Crippen molar-refractivity contribution in [3.8, 4) is 22.8 Å². The van der Waals surface area contributed by atoms with Crippen LogP contribution >= 0.6 is 0 Å². The van der Waals surface area contributed by atoms with Crippen LogP contribution < -0.4 is 10.7 Å². The van der Waals surface area contributed by atoms with Crippen LogP contribution in [0.4, 0.5) is 10.5 Å². The summed E-state index contributed by atoms with van der Waals surface area (Å²) in [5.41, 5.74) is 1.42. The van der Waals surface area contributed by atoms with E-state index in [4.69, 9.17) is 4.74 Å². The minimum absolute atomic E-state index is 0.0240. The van der Waals surface area contributed by atoms with Crippen molar-refractivity contribution in [2.45, 2.75) is 6.92 Å². The zero-order chi connectivity index (χ0) is 18.0. The molecule has 0 aliphatic rings. The minimum atomic E-state index is -0.671. The van der Waals surface area contributed by atoms with E-state index in [1.807, 2.05) is 0 Å². The molecule has 0 radical (unpaired) electrons. The highest BCUT2D eigenvalue weighted by atomic mass is 16.5. The number of aromatic nitrogens is 1. The van der Waals surface area contributed by atoms with Crippen molar-refractivity contribution in [2.24, 2.45) is 0 Å². The van der Waals surface area contributed by atoms with Crippen molar-refractivity contribution >= 4 is 22.7 Å². The summed E-state index contributed by atoms with van der Waals surface area (Å²) in [5, 5.41) is 22.3. The molecule has 2 aromatic carbocycles. The maximum absolute atomic E-state index is 12.3. The molecule has 7 nitrogen and oxygen atoms in total. The highest BCUT2D eigenvalue weighted by Gasteiger charge is 2.13. The maximum atomic E-state index is 12.3. The van der Waals surface area contributed by atoms with Gasteiger partial charge in [-0.05, 0) is 31.2 Å². The predicted molar refractivity (Wildman–Crippen MR) is 94.0 cm³/mol. The Labute approximate surface area is 142 Å². The number of amides is 1. The molecule has 4 N–H and O–H groups in total. The molecule has 1 aromatic heterocycles. The molecule has 0 saturated carbocycles. The first kappa shape index (κ1) is 16.4. The number of ether oxygens (including phenoxy) is 1. The largest absolute Gasteiger partial charge is 0.508 e. The molecule has 0 saturated heterocycles. The summed E-state index contributed by atoms with van der Waals surface area (Å²) in [4.78, 5) is 27.1. The number of aromatic hydroxyl groups is 2. The van der Waals surface area contributed by atoms with Gasteiger partial charge in [-0.2, -0.15) is 0 Å². The lowest BCUT2D eigenvalue weighted by Crippen LogP contribution is -2.14. The normalized spacial score (nSPS) is 10.6. The zero-order valence-corrected chi connectivity index (χ0v) is 13.4. The fourth-order valence-electron chi connectivity index (χ4n) is 2.53. The molecule has 1 heterocycles. The Balaban J connectivity index is 2.14. The van der Waals surface area contributed by atoms with Crippen LogP contribution in [0.25, 0.3) is 22.2 Å². The summed E-state index contributed by atoms with van der Waals surface area (Å²) in [6.07, 6.45) is -0.671. The molecule has 7 heteroatoms. The Bertz CT molecular complexity index is 1010. The van der Waals surface area contributed by atoms with Gasteiger partial charge in [-0.1, -0.05) is 0 Å². The van der Waals surface area contributed by atoms with Gasteiger partial charge in [0, 0.05) is 29.1 Å². The van der Waals surface area contributed by atoms with E-state index in [0.717, 1.165) is 0 Å². The number of nitrogens with one attached hydrogen (secondary N) is 2. The molecular weight excluding hydrogens is 324 g/mol. The first-order chi connectivity index (χ1) is 12.0. The van der Waals surface area contributed by atoms with Gasteiger partial charge in [0.1, 0.15) is 11.5 Å². The second kappa shape index (κ2) is 6.56. The van der Waals surface area contributed by atoms with E-state index in [2.05, 4.69) is 10.3 Å². The number of phenolic OH excluding ortho intramolecular Hbond substituents is 2. The number of phenols is 2. The number of aromatic amines is 1. The smallest absolute Gasteiger partial charge is 0.411 e. The average molecular weight is 340 g/mol. The third-order valence-electron chi connectivity index (χ3n) is 3.62. The van der Waals surface area contributed by atoms with Crippen LogP contribution in [0.1, 0.15) is 6.92 Å². The van der Waals surface area contributed by atoms with Crippen molar-refractivity contribution in [2.75, 3.05) is 11.9 Å². The zero-order valence-electron chi connectivity index (χ0n) is 13.4. The van der Waals surface area contributed by atoms with Gasteiger partial charge in [0.2, 0.25) is 0 Å². The van der Waals surface area contributed by atoms with E-state index >= 15 is 0 Å². The molecule has 0 bridgehead atoms. The quantitative estimate of drug-likeness (QED) is 0.585. The number of hydrogen-bond donors (Lipinski definition) is 4. The molecule has 3 aromatic rings. The Morgan fingerprint density at radius 2 is 1.84 bits per heavy atom. The third-order valence-corrected chi connectivity index (χ3v) is 3.62. The number of carbonyl (C=O) groups excluding carboxylic acids is 1. The van der Waals surface area contributed by atoms with Crippen molar-refractivity contribution in [3.05, 3.63) is 52.7 Å². The number of rotatable bonds is 3. The summed E-state index contributed by atoms with van der Waals surface area (Å²) in [5.74, 6) is -0.0211. The monoisotopic (exact) mass is 340 g/mol. The number of fused-ring (bicyclic) bond motifs is 1. The Morgan fingerprint density at radius 1 is 1.12 bits per heavy atom. The maximum Gasteiger partial charge on any atom is 0.411 e. The van der Waals surface area contributed by atoms with Crippen LogP contribution in [0.3, 0.4) is 0 Å².